The van der Waals surface area contributed by atoms with Gasteiger partial charge in [-0.1, -0.05) is 0 Å². The summed E-state index contributed by atoms with van der Waals surface area (Å²) in [5, 5.41) is 3.08. The third-order valence-electron chi connectivity index (χ3n) is 3.91. The molecule has 0 spiro atoms. The number of nitrogens with zero attached hydrogens (tertiary/aromatic N) is 3. The van der Waals surface area contributed by atoms with Crippen LogP contribution in [0.1, 0.15) is 0 Å². The number of methoxy groups -OCH3 is 2. The Morgan fingerprint density at radius 1 is 1.00 bits per heavy atom. The molecule has 2 aromatic heterocycles. The second kappa shape index (κ2) is 8.72. The second-order valence-electron chi connectivity index (χ2n) is 5.69. The van der Waals surface area contributed by atoms with Gasteiger partial charge in [-0.05, 0) is 24.3 Å². The van der Waals surface area contributed by atoms with Crippen molar-refractivity contribution in [2.24, 2.45) is 0 Å². The Bertz CT molecular complexity index is 1020. The van der Waals surface area contributed by atoms with Crippen molar-refractivity contribution in [3.63, 3.8) is 0 Å². The predicted molar refractivity (Wildman–Crippen MR) is 105 cm³/mol. The number of rotatable bonds is 9. The fraction of sp³-hybridized carbons (Fsp3) is 0.222. The quantitative estimate of drug-likeness (QED) is 0.523. The Kier molecular flexibility index (Phi) is 6.12. The highest BCUT2D eigenvalue weighted by atomic mass is 32.2. The molecule has 9 nitrogen and oxygen atoms in total. The lowest BCUT2D eigenvalue weighted by atomic mass is 10.3. The molecular formula is C18H21N5O4S. The van der Waals surface area contributed by atoms with Crippen LogP contribution in [0.5, 0.6) is 11.5 Å². The number of sulfonamides is 1. The molecule has 0 bridgehead atoms. The smallest absolute Gasteiger partial charge is 0.240 e. The molecular weight excluding hydrogens is 382 g/mol. The van der Waals surface area contributed by atoms with Crippen molar-refractivity contribution in [3.8, 4) is 17.3 Å². The zero-order valence-corrected chi connectivity index (χ0v) is 16.3. The van der Waals surface area contributed by atoms with Crippen LogP contribution < -0.4 is 19.5 Å². The Balaban J connectivity index is 1.58. The van der Waals surface area contributed by atoms with E-state index in [1.807, 2.05) is 29.1 Å². The number of hydrogen-bond donors (Lipinski definition) is 2. The Hall–Kier alpha value is -3.11. The summed E-state index contributed by atoms with van der Waals surface area (Å²) in [4.78, 5) is 8.44. The van der Waals surface area contributed by atoms with Crippen molar-refractivity contribution in [2.75, 3.05) is 32.6 Å². The Labute approximate surface area is 163 Å². The van der Waals surface area contributed by atoms with Gasteiger partial charge in [-0.25, -0.2) is 23.1 Å². The van der Waals surface area contributed by atoms with Crippen LogP contribution in [0.25, 0.3) is 5.82 Å². The number of nitrogens with one attached hydrogen (secondary N) is 2. The van der Waals surface area contributed by atoms with Crippen LogP contribution in [-0.4, -0.2) is 50.3 Å². The first-order valence-corrected chi connectivity index (χ1v) is 9.93. The monoisotopic (exact) mass is 403 g/mol. The Morgan fingerprint density at radius 2 is 1.75 bits per heavy atom. The SMILES string of the molecule is COc1ccc(S(=O)(=O)NCCNc2cc(-n3cccc3)ncn2)cc1OC. The van der Waals surface area contributed by atoms with Crippen LogP contribution in [0, 0.1) is 0 Å². The minimum atomic E-state index is -3.68. The van der Waals surface area contributed by atoms with Crippen LogP contribution in [0.2, 0.25) is 0 Å². The molecule has 10 heteroatoms. The van der Waals surface area contributed by atoms with Gasteiger partial charge in [0.05, 0.1) is 19.1 Å². The summed E-state index contributed by atoms with van der Waals surface area (Å²) >= 11 is 0. The van der Waals surface area contributed by atoms with Gasteiger partial charge in [0.2, 0.25) is 10.0 Å². The normalized spacial score (nSPS) is 11.2. The van der Waals surface area contributed by atoms with Gasteiger partial charge in [-0.3, -0.25) is 0 Å². The lowest BCUT2D eigenvalue weighted by Crippen LogP contribution is -2.29. The highest BCUT2D eigenvalue weighted by Gasteiger charge is 2.16. The number of benzene rings is 1. The molecule has 0 amide bonds. The third kappa shape index (κ3) is 4.59. The van der Waals surface area contributed by atoms with E-state index in [0.717, 1.165) is 0 Å². The van der Waals surface area contributed by atoms with Crippen molar-refractivity contribution in [1.29, 1.82) is 0 Å². The van der Waals surface area contributed by atoms with Gasteiger partial charge in [0.15, 0.2) is 11.5 Å². The number of anilines is 1. The molecule has 0 saturated carbocycles. The van der Waals surface area contributed by atoms with Gasteiger partial charge >= 0.3 is 0 Å². The summed E-state index contributed by atoms with van der Waals surface area (Å²) < 4.78 is 39.6. The highest BCUT2D eigenvalue weighted by Crippen LogP contribution is 2.29. The summed E-state index contributed by atoms with van der Waals surface area (Å²) in [6.07, 6.45) is 5.21. The molecule has 0 atom stereocenters. The first-order chi connectivity index (χ1) is 13.5. The van der Waals surface area contributed by atoms with Crippen LogP contribution in [0.15, 0.2) is 60.0 Å². The largest absolute Gasteiger partial charge is 0.493 e. The number of ether oxygens (including phenoxy) is 2. The molecule has 0 aliphatic heterocycles. The molecule has 0 radical (unpaired) electrons. The molecule has 0 unspecified atom stereocenters. The lowest BCUT2D eigenvalue weighted by Gasteiger charge is -2.11. The summed E-state index contributed by atoms with van der Waals surface area (Å²) in [6.45, 7) is 0.536. The highest BCUT2D eigenvalue weighted by molar-refractivity contribution is 7.89. The standard InChI is InChI=1S/C18H21N5O4S/c1-26-15-6-5-14(11-16(15)27-2)28(24,25)22-8-7-19-17-12-18(21-13-20-17)23-9-3-4-10-23/h3-6,9-13,22H,7-8H2,1-2H3,(H,19,20,21). The minimum Gasteiger partial charge on any atom is -0.493 e. The van der Waals surface area contributed by atoms with E-state index in [0.29, 0.717) is 29.7 Å². The van der Waals surface area contributed by atoms with E-state index >= 15 is 0 Å². The van der Waals surface area contributed by atoms with E-state index in [-0.39, 0.29) is 11.4 Å². The van der Waals surface area contributed by atoms with Crippen molar-refractivity contribution in [1.82, 2.24) is 19.3 Å². The zero-order valence-electron chi connectivity index (χ0n) is 15.5. The molecule has 1 aromatic carbocycles. The van der Waals surface area contributed by atoms with E-state index in [2.05, 4.69) is 20.0 Å². The lowest BCUT2D eigenvalue weighted by molar-refractivity contribution is 0.354. The molecule has 0 saturated heterocycles. The molecule has 28 heavy (non-hydrogen) atoms. The number of aromatic nitrogens is 3. The maximum absolute atomic E-state index is 12.5. The summed E-state index contributed by atoms with van der Waals surface area (Å²) in [5.41, 5.74) is 0. The van der Waals surface area contributed by atoms with Gasteiger partial charge in [0.1, 0.15) is 18.0 Å². The third-order valence-corrected chi connectivity index (χ3v) is 5.37. The predicted octanol–water partition coefficient (Wildman–Crippen LogP) is 1.67. The fourth-order valence-corrected chi connectivity index (χ4v) is 3.56. The van der Waals surface area contributed by atoms with Crippen LogP contribution in [0.4, 0.5) is 5.82 Å². The molecule has 2 N–H and O–H groups in total. The number of hydrogen-bond acceptors (Lipinski definition) is 7. The van der Waals surface area contributed by atoms with Gasteiger partial charge < -0.3 is 19.4 Å². The summed E-state index contributed by atoms with van der Waals surface area (Å²) in [5.74, 6) is 2.13. The topological polar surface area (TPSA) is 107 Å². The average molecular weight is 403 g/mol. The van der Waals surface area contributed by atoms with Crippen LogP contribution >= 0.6 is 0 Å². The van der Waals surface area contributed by atoms with Crippen LogP contribution in [0.3, 0.4) is 0 Å². The molecule has 3 rings (SSSR count). The summed E-state index contributed by atoms with van der Waals surface area (Å²) in [6, 6.07) is 10.0. The van der Waals surface area contributed by atoms with Crippen molar-refractivity contribution in [2.45, 2.75) is 4.90 Å². The molecule has 0 fully saturated rings. The second-order valence-corrected chi connectivity index (χ2v) is 7.46. The van der Waals surface area contributed by atoms with Gasteiger partial charge in [-0.2, -0.15) is 0 Å². The van der Waals surface area contributed by atoms with E-state index in [1.54, 1.807) is 12.1 Å². The summed E-state index contributed by atoms with van der Waals surface area (Å²) in [7, 11) is -0.734. The minimum absolute atomic E-state index is 0.0991. The van der Waals surface area contributed by atoms with Gasteiger partial charge in [0, 0.05) is 37.6 Å². The molecule has 148 valence electrons. The zero-order chi connectivity index (χ0) is 20.0. The fourth-order valence-electron chi connectivity index (χ4n) is 2.52. The van der Waals surface area contributed by atoms with Crippen molar-refractivity contribution < 1.29 is 17.9 Å². The van der Waals surface area contributed by atoms with Crippen molar-refractivity contribution >= 4 is 15.8 Å². The first kappa shape index (κ1) is 19.6. The average Bonchev–Trinajstić information content (AvgIpc) is 3.26. The molecule has 3 aromatic rings. The Morgan fingerprint density at radius 3 is 2.46 bits per heavy atom. The molecule has 2 heterocycles. The van der Waals surface area contributed by atoms with E-state index in [4.69, 9.17) is 9.47 Å². The maximum atomic E-state index is 12.5. The maximum Gasteiger partial charge on any atom is 0.240 e. The van der Waals surface area contributed by atoms with E-state index in [9.17, 15) is 8.42 Å². The first-order valence-electron chi connectivity index (χ1n) is 8.44. The van der Waals surface area contributed by atoms with Crippen LogP contribution in [-0.2, 0) is 10.0 Å². The van der Waals surface area contributed by atoms with Gasteiger partial charge in [-0.15, -0.1) is 0 Å². The van der Waals surface area contributed by atoms with Gasteiger partial charge in [0.25, 0.3) is 0 Å². The van der Waals surface area contributed by atoms with E-state index < -0.39 is 10.0 Å². The van der Waals surface area contributed by atoms with Crippen molar-refractivity contribution in [3.05, 3.63) is 55.1 Å². The molecule has 0 aliphatic rings. The van der Waals surface area contributed by atoms with E-state index in [1.165, 1.54) is 32.7 Å². The molecule has 0 aliphatic carbocycles.